The van der Waals surface area contributed by atoms with Crippen LogP contribution in [0.1, 0.15) is 55.8 Å². The van der Waals surface area contributed by atoms with Crippen molar-refractivity contribution < 1.29 is 24.0 Å². The molecule has 2 aliphatic rings. The number of ether oxygens (including phenoxy) is 2. The maximum atomic E-state index is 14.2. The lowest BCUT2D eigenvalue weighted by atomic mass is 9.74. The summed E-state index contributed by atoms with van der Waals surface area (Å²) in [6.07, 6.45) is 3.66. The van der Waals surface area contributed by atoms with Gasteiger partial charge in [-0.1, -0.05) is 103 Å². The predicted octanol–water partition coefficient (Wildman–Crippen LogP) is 5.83. The van der Waals surface area contributed by atoms with E-state index in [2.05, 4.69) is 0 Å². The first-order chi connectivity index (χ1) is 20.1. The summed E-state index contributed by atoms with van der Waals surface area (Å²) in [6.45, 7) is 5.40. The molecule has 0 saturated carbocycles. The number of methoxy groups -OCH3 is 1. The van der Waals surface area contributed by atoms with Crippen LogP contribution in [-0.4, -0.2) is 52.1 Å². The smallest absolute Gasteiger partial charge is 0.327 e. The highest BCUT2D eigenvalue weighted by Gasteiger charge is 2.74. The molecule has 2 aliphatic heterocycles. The molecule has 0 N–H and O–H groups in total. The summed E-state index contributed by atoms with van der Waals surface area (Å²) < 4.78 is 11.4. The van der Waals surface area contributed by atoms with E-state index in [1.165, 1.54) is 7.11 Å². The van der Waals surface area contributed by atoms with Gasteiger partial charge in [0.1, 0.15) is 11.1 Å². The summed E-state index contributed by atoms with van der Waals surface area (Å²) >= 11 is 0. The SMILES string of the molecule is COC(=O)[C@@]12C[C@@H](C(=O)OC(C)(C)C)[C@@H](c3ccccc3)N1[C@H](/C=C/c1ccccc1)[C@H]([N+](=O)[O-])[C@H]2c1ccccc1. The summed E-state index contributed by atoms with van der Waals surface area (Å²) in [6, 6.07) is 25.3. The highest BCUT2D eigenvalue weighted by molar-refractivity contribution is 5.87. The minimum absolute atomic E-state index is 0.00766. The summed E-state index contributed by atoms with van der Waals surface area (Å²) in [5, 5.41) is 13.0. The molecule has 0 spiro atoms. The summed E-state index contributed by atoms with van der Waals surface area (Å²) in [7, 11) is 1.30. The molecule has 8 heteroatoms. The van der Waals surface area contributed by atoms with Gasteiger partial charge in [-0.3, -0.25) is 24.6 Å². The molecule has 3 aromatic rings. The molecule has 2 fully saturated rings. The fourth-order valence-corrected chi connectivity index (χ4v) is 6.86. The fraction of sp³-hybridized carbons (Fsp3) is 0.353. The Hall–Kier alpha value is -4.30. The van der Waals surface area contributed by atoms with E-state index in [0.29, 0.717) is 5.56 Å². The molecule has 42 heavy (non-hydrogen) atoms. The van der Waals surface area contributed by atoms with Crippen LogP contribution in [0, 0.1) is 16.0 Å². The van der Waals surface area contributed by atoms with Crippen molar-refractivity contribution in [2.45, 2.75) is 62.4 Å². The zero-order valence-corrected chi connectivity index (χ0v) is 24.3. The zero-order valence-electron chi connectivity index (χ0n) is 24.3. The monoisotopic (exact) mass is 568 g/mol. The number of rotatable bonds is 7. The molecule has 0 unspecified atom stereocenters. The van der Waals surface area contributed by atoms with Gasteiger partial charge in [0.15, 0.2) is 0 Å². The Morgan fingerprint density at radius 3 is 2.00 bits per heavy atom. The van der Waals surface area contributed by atoms with Gasteiger partial charge in [-0.25, -0.2) is 0 Å². The van der Waals surface area contributed by atoms with Gasteiger partial charge in [-0.2, -0.15) is 0 Å². The maximum absolute atomic E-state index is 14.2. The van der Waals surface area contributed by atoms with Crippen LogP contribution in [0.2, 0.25) is 0 Å². The van der Waals surface area contributed by atoms with E-state index in [0.717, 1.165) is 11.1 Å². The quantitative estimate of drug-likeness (QED) is 0.201. The third kappa shape index (κ3) is 5.23. The number of hydrogen-bond donors (Lipinski definition) is 0. The predicted molar refractivity (Wildman–Crippen MR) is 159 cm³/mol. The van der Waals surface area contributed by atoms with Crippen molar-refractivity contribution in [3.8, 4) is 0 Å². The van der Waals surface area contributed by atoms with Crippen molar-refractivity contribution in [3.05, 3.63) is 124 Å². The number of nitrogens with zero attached hydrogens (tertiary/aromatic N) is 2. The lowest BCUT2D eigenvalue weighted by Gasteiger charge is -2.37. The minimum Gasteiger partial charge on any atom is -0.468 e. The van der Waals surface area contributed by atoms with E-state index >= 15 is 0 Å². The van der Waals surface area contributed by atoms with E-state index in [1.807, 2.05) is 102 Å². The van der Waals surface area contributed by atoms with Crippen LogP contribution in [0.25, 0.3) is 6.08 Å². The van der Waals surface area contributed by atoms with Crippen LogP contribution in [0.15, 0.2) is 97.1 Å². The van der Waals surface area contributed by atoms with Gasteiger partial charge in [0.05, 0.1) is 31.0 Å². The molecule has 2 heterocycles. The molecule has 0 aromatic heterocycles. The van der Waals surface area contributed by atoms with Gasteiger partial charge >= 0.3 is 11.9 Å². The number of fused-ring (bicyclic) bond motifs is 1. The standard InChI is InChI=1S/C34H36N2O6/c1-33(2,3)42-31(37)26-22-34(32(38)41-4)28(24-16-10-6-11-17-24)30(36(39)40)27(21-20-23-14-8-5-9-15-23)35(34)29(26)25-18-12-7-13-19-25/h5-21,26-30H,22H2,1-4H3/b21-20+/t26-,27-,28-,29-,30+,34+/m1/s1. The fourth-order valence-electron chi connectivity index (χ4n) is 6.86. The van der Waals surface area contributed by atoms with Gasteiger partial charge in [-0.05, 0) is 43.9 Å². The van der Waals surface area contributed by atoms with Crippen molar-refractivity contribution in [2.24, 2.45) is 5.92 Å². The van der Waals surface area contributed by atoms with Gasteiger partial charge in [0, 0.05) is 4.92 Å². The Morgan fingerprint density at radius 2 is 1.48 bits per heavy atom. The molecule has 0 bridgehead atoms. The first-order valence-electron chi connectivity index (χ1n) is 14.1. The third-order valence-corrected chi connectivity index (χ3v) is 8.28. The van der Waals surface area contributed by atoms with Crippen molar-refractivity contribution >= 4 is 18.0 Å². The molecule has 6 atom stereocenters. The molecule has 0 aliphatic carbocycles. The first kappa shape index (κ1) is 29.2. The van der Waals surface area contributed by atoms with E-state index in [-0.39, 0.29) is 11.3 Å². The lowest BCUT2D eigenvalue weighted by Crippen LogP contribution is -2.52. The Kier molecular flexibility index (Phi) is 8.01. The summed E-state index contributed by atoms with van der Waals surface area (Å²) in [5.41, 5.74) is 0.000672. The molecule has 3 aromatic carbocycles. The van der Waals surface area contributed by atoms with Gasteiger partial charge in [0.2, 0.25) is 6.04 Å². The van der Waals surface area contributed by atoms with Crippen LogP contribution < -0.4 is 0 Å². The molecule has 0 radical (unpaired) electrons. The van der Waals surface area contributed by atoms with Crippen molar-refractivity contribution in [1.29, 1.82) is 0 Å². The van der Waals surface area contributed by atoms with Crippen LogP contribution in [0.3, 0.4) is 0 Å². The second kappa shape index (κ2) is 11.5. The lowest BCUT2D eigenvalue weighted by molar-refractivity contribution is -0.526. The number of benzene rings is 3. The van der Waals surface area contributed by atoms with Crippen molar-refractivity contribution in [3.63, 3.8) is 0 Å². The van der Waals surface area contributed by atoms with Crippen LogP contribution in [-0.2, 0) is 19.1 Å². The zero-order chi connectivity index (χ0) is 30.1. The van der Waals surface area contributed by atoms with Crippen molar-refractivity contribution in [2.75, 3.05) is 7.11 Å². The van der Waals surface area contributed by atoms with E-state index in [4.69, 9.17) is 9.47 Å². The van der Waals surface area contributed by atoms with Crippen LogP contribution >= 0.6 is 0 Å². The number of carbonyl (C=O) groups is 2. The number of carbonyl (C=O) groups excluding carboxylic acids is 2. The van der Waals surface area contributed by atoms with Crippen LogP contribution in [0.5, 0.6) is 0 Å². The van der Waals surface area contributed by atoms with E-state index < -0.39 is 53.0 Å². The molecule has 5 rings (SSSR count). The Morgan fingerprint density at radius 1 is 0.929 bits per heavy atom. The molecule has 8 nitrogen and oxygen atoms in total. The Bertz CT molecular complexity index is 1450. The Labute approximate surface area is 246 Å². The van der Waals surface area contributed by atoms with E-state index in [1.54, 1.807) is 26.8 Å². The average Bonchev–Trinajstić information content (AvgIpc) is 3.47. The van der Waals surface area contributed by atoms with E-state index in [9.17, 15) is 19.7 Å². The molecule has 2 saturated heterocycles. The highest BCUT2D eigenvalue weighted by Crippen LogP contribution is 2.61. The average molecular weight is 569 g/mol. The number of nitro groups is 1. The molecule has 0 amide bonds. The van der Waals surface area contributed by atoms with Crippen molar-refractivity contribution in [1.82, 2.24) is 4.90 Å². The number of hydrogen-bond acceptors (Lipinski definition) is 7. The molecular weight excluding hydrogens is 532 g/mol. The van der Waals surface area contributed by atoms with Gasteiger partial charge in [0.25, 0.3) is 0 Å². The topological polar surface area (TPSA) is 99.0 Å². The first-order valence-corrected chi connectivity index (χ1v) is 14.1. The normalized spacial score (nSPS) is 27.5. The summed E-state index contributed by atoms with van der Waals surface area (Å²) in [4.78, 5) is 42.7. The minimum atomic E-state index is -1.51. The number of esters is 2. The maximum Gasteiger partial charge on any atom is 0.327 e. The molecule has 218 valence electrons. The Balaban J connectivity index is 1.79. The third-order valence-electron chi connectivity index (χ3n) is 8.28. The van der Waals surface area contributed by atoms with Gasteiger partial charge < -0.3 is 9.47 Å². The largest absolute Gasteiger partial charge is 0.468 e. The summed E-state index contributed by atoms with van der Waals surface area (Å²) in [5.74, 6) is -2.74. The highest BCUT2D eigenvalue weighted by atomic mass is 16.6. The van der Waals surface area contributed by atoms with Crippen LogP contribution in [0.4, 0.5) is 0 Å². The second-order valence-corrected chi connectivity index (χ2v) is 11.9. The second-order valence-electron chi connectivity index (χ2n) is 11.9. The molecular formula is C34H36N2O6. The van der Waals surface area contributed by atoms with Gasteiger partial charge in [-0.15, -0.1) is 0 Å².